The van der Waals surface area contributed by atoms with Crippen molar-refractivity contribution in [3.63, 3.8) is 0 Å². The summed E-state index contributed by atoms with van der Waals surface area (Å²) in [5, 5.41) is 4.04. The SMILES string of the molecule is COC(=O)C12CCC(NC(=O)c3c(C)c(-c4ccccc4)nc4ccc(Br)cc34)(CC1)C(N(C)c1ccccc1OC(F)(F)F)C2. The summed E-state index contributed by atoms with van der Waals surface area (Å²) in [5.74, 6) is -1.02. The zero-order valence-corrected chi connectivity index (χ0v) is 27.2. The lowest BCUT2D eigenvalue weighted by Gasteiger charge is -2.59. The van der Waals surface area contributed by atoms with Crippen LogP contribution in [-0.2, 0) is 9.53 Å². The number of ether oxygens (including phenoxy) is 2. The number of halogens is 4. The number of anilines is 1. The van der Waals surface area contributed by atoms with Gasteiger partial charge in [0.1, 0.15) is 0 Å². The Morgan fingerprint density at radius 1 is 1.00 bits per heavy atom. The molecule has 1 amide bonds. The van der Waals surface area contributed by atoms with Crippen molar-refractivity contribution < 1.29 is 32.2 Å². The summed E-state index contributed by atoms with van der Waals surface area (Å²) in [6.45, 7) is 1.88. The van der Waals surface area contributed by atoms with Crippen LogP contribution in [0.3, 0.4) is 0 Å². The van der Waals surface area contributed by atoms with Crippen LogP contribution in [0.5, 0.6) is 5.75 Å². The number of hydrogen-bond donors (Lipinski definition) is 1. The molecule has 4 aromatic rings. The van der Waals surface area contributed by atoms with E-state index in [2.05, 4.69) is 26.0 Å². The first-order chi connectivity index (χ1) is 21.9. The molecule has 3 aromatic carbocycles. The number of esters is 1. The van der Waals surface area contributed by atoms with Gasteiger partial charge in [-0.3, -0.25) is 9.59 Å². The van der Waals surface area contributed by atoms with Crippen molar-refractivity contribution >= 4 is 44.4 Å². The monoisotopic (exact) mass is 695 g/mol. The quantitative estimate of drug-likeness (QED) is 0.198. The van der Waals surface area contributed by atoms with Gasteiger partial charge in [0.05, 0.1) is 46.6 Å². The van der Waals surface area contributed by atoms with Crippen molar-refractivity contribution in [3.05, 3.63) is 88.4 Å². The summed E-state index contributed by atoms with van der Waals surface area (Å²) in [6, 6.07) is 20.6. The van der Waals surface area contributed by atoms with Gasteiger partial charge in [-0.1, -0.05) is 58.4 Å². The lowest BCUT2D eigenvalue weighted by Crippen LogP contribution is -2.70. The Bertz CT molecular complexity index is 1810. The maximum absolute atomic E-state index is 14.6. The lowest BCUT2D eigenvalue weighted by atomic mass is 9.54. The number of para-hydroxylation sites is 2. The van der Waals surface area contributed by atoms with E-state index in [0.29, 0.717) is 53.4 Å². The van der Waals surface area contributed by atoms with Crippen LogP contribution in [0.15, 0.2) is 77.3 Å². The molecule has 1 aromatic heterocycles. The number of methoxy groups -OCH3 is 1. The molecule has 0 saturated heterocycles. The molecule has 3 aliphatic carbocycles. The number of nitrogens with one attached hydrogen (secondary N) is 1. The van der Waals surface area contributed by atoms with Crippen LogP contribution in [-0.4, -0.2) is 49.0 Å². The first kappa shape index (κ1) is 31.8. The summed E-state index contributed by atoms with van der Waals surface area (Å²) in [6.07, 6.45) is -2.80. The molecule has 3 aliphatic rings. The second-order valence-electron chi connectivity index (χ2n) is 12.2. The molecule has 1 N–H and O–H groups in total. The number of likely N-dealkylation sites (N-methyl/N-ethyl adjacent to an activating group) is 1. The summed E-state index contributed by atoms with van der Waals surface area (Å²) in [7, 11) is 3.03. The Hall–Kier alpha value is -4.12. The van der Waals surface area contributed by atoms with Gasteiger partial charge >= 0.3 is 12.3 Å². The molecule has 7 nitrogen and oxygen atoms in total. The van der Waals surface area contributed by atoms with Gasteiger partial charge in [0.15, 0.2) is 5.75 Å². The van der Waals surface area contributed by atoms with Crippen LogP contribution in [0.2, 0.25) is 0 Å². The molecule has 0 radical (unpaired) electrons. The zero-order valence-electron chi connectivity index (χ0n) is 25.6. The van der Waals surface area contributed by atoms with E-state index >= 15 is 0 Å². The van der Waals surface area contributed by atoms with Crippen molar-refractivity contribution in [1.82, 2.24) is 10.3 Å². The van der Waals surface area contributed by atoms with E-state index in [1.807, 2.05) is 55.5 Å². The predicted molar refractivity (Wildman–Crippen MR) is 173 cm³/mol. The second kappa shape index (κ2) is 11.9. The first-order valence-corrected chi connectivity index (χ1v) is 15.8. The second-order valence-corrected chi connectivity index (χ2v) is 13.1. The van der Waals surface area contributed by atoms with Crippen molar-refractivity contribution in [3.8, 4) is 17.0 Å². The van der Waals surface area contributed by atoms with Crippen molar-refractivity contribution in [2.45, 2.75) is 57.0 Å². The van der Waals surface area contributed by atoms with Gasteiger partial charge in [-0.25, -0.2) is 4.98 Å². The molecule has 46 heavy (non-hydrogen) atoms. The van der Waals surface area contributed by atoms with E-state index in [4.69, 9.17) is 9.72 Å². The zero-order chi connectivity index (χ0) is 32.9. The Kier molecular flexibility index (Phi) is 8.25. The summed E-state index contributed by atoms with van der Waals surface area (Å²) < 4.78 is 50.6. The number of pyridine rings is 1. The maximum atomic E-state index is 14.6. The van der Waals surface area contributed by atoms with Crippen molar-refractivity contribution in [1.29, 1.82) is 0 Å². The molecule has 1 heterocycles. The highest BCUT2D eigenvalue weighted by atomic mass is 79.9. The maximum Gasteiger partial charge on any atom is 0.573 e. The summed E-state index contributed by atoms with van der Waals surface area (Å²) in [4.78, 5) is 34.4. The van der Waals surface area contributed by atoms with Crippen LogP contribution < -0.4 is 15.0 Å². The van der Waals surface area contributed by atoms with Crippen molar-refractivity contribution in [2.24, 2.45) is 5.41 Å². The minimum atomic E-state index is -4.90. The van der Waals surface area contributed by atoms with Gasteiger partial charge in [-0.2, -0.15) is 0 Å². The normalized spacial score (nSPS) is 22.4. The average molecular weight is 697 g/mol. The fraction of sp³-hybridized carbons (Fsp3) is 0.343. The smallest absolute Gasteiger partial charge is 0.469 e. The highest BCUT2D eigenvalue weighted by molar-refractivity contribution is 9.10. The van der Waals surface area contributed by atoms with Gasteiger partial charge in [0.2, 0.25) is 0 Å². The third-order valence-corrected chi connectivity index (χ3v) is 10.2. The number of fused-ring (bicyclic) bond motifs is 4. The Morgan fingerprint density at radius 3 is 2.35 bits per heavy atom. The van der Waals surface area contributed by atoms with Gasteiger partial charge in [-0.05, 0) is 74.9 Å². The molecule has 1 unspecified atom stereocenters. The largest absolute Gasteiger partial charge is 0.573 e. The van der Waals surface area contributed by atoms with E-state index in [1.54, 1.807) is 24.1 Å². The molecule has 0 aliphatic heterocycles. The predicted octanol–water partition coefficient (Wildman–Crippen LogP) is 7.98. The molecule has 2 bridgehead atoms. The van der Waals surface area contributed by atoms with Crippen LogP contribution in [0, 0.1) is 12.3 Å². The van der Waals surface area contributed by atoms with Crippen LogP contribution >= 0.6 is 15.9 Å². The van der Waals surface area contributed by atoms with Crippen molar-refractivity contribution in [2.75, 3.05) is 19.1 Å². The van der Waals surface area contributed by atoms with Crippen LogP contribution in [0.4, 0.5) is 18.9 Å². The molecule has 1 atom stereocenters. The number of amides is 1. The topological polar surface area (TPSA) is 80.8 Å². The molecular formula is C35H33BrF3N3O4. The number of benzene rings is 3. The van der Waals surface area contributed by atoms with Gasteiger partial charge in [0.25, 0.3) is 5.91 Å². The lowest BCUT2D eigenvalue weighted by molar-refractivity contribution is -0.274. The minimum Gasteiger partial charge on any atom is -0.469 e. The fourth-order valence-electron chi connectivity index (χ4n) is 7.41. The number of carbonyl (C=O) groups is 2. The van der Waals surface area contributed by atoms with E-state index < -0.39 is 23.4 Å². The summed E-state index contributed by atoms with van der Waals surface area (Å²) in [5.41, 5.74) is 1.90. The van der Waals surface area contributed by atoms with Gasteiger partial charge in [-0.15, -0.1) is 13.2 Å². The van der Waals surface area contributed by atoms with E-state index in [1.165, 1.54) is 19.2 Å². The molecular weight excluding hydrogens is 663 g/mol. The Balaban J connectivity index is 1.45. The van der Waals surface area contributed by atoms with E-state index in [0.717, 1.165) is 10.0 Å². The number of carbonyl (C=O) groups excluding carboxylic acids is 2. The molecule has 3 fully saturated rings. The molecule has 240 valence electrons. The Labute approximate surface area is 273 Å². The highest BCUT2D eigenvalue weighted by Gasteiger charge is 2.60. The van der Waals surface area contributed by atoms with E-state index in [9.17, 15) is 22.8 Å². The number of hydrogen-bond acceptors (Lipinski definition) is 6. The van der Waals surface area contributed by atoms with Crippen LogP contribution in [0.25, 0.3) is 22.2 Å². The number of rotatable bonds is 7. The summed E-state index contributed by atoms with van der Waals surface area (Å²) >= 11 is 3.54. The standard InChI is InChI=1S/C35H33BrF3N3O4/c1-21-29(24-19-23(36)13-14-25(24)40-30(21)22-9-5-4-6-10-22)31(43)41-34-17-15-33(16-18-34,32(44)45-3)20-28(34)42(2)26-11-7-8-12-27(26)46-35(37,38)39/h4-14,19,28H,15-18,20H2,1-3H3,(H,41,43). The molecule has 3 saturated carbocycles. The molecule has 0 spiro atoms. The molecule has 7 rings (SSSR count). The molecule has 11 heteroatoms. The average Bonchev–Trinajstić information content (AvgIpc) is 3.04. The highest BCUT2D eigenvalue weighted by Crippen LogP contribution is 2.55. The number of aromatic nitrogens is 1. The van der Waals surface area contributed by atoms with Gasteiger partial charge < -0.3 is 19.7 Å². The van der Waals surface area contributed by atoms with Gasteiger partial charge in [0, 0.05) is 22.5 Å². The number of alkyl halides is 3. The van der Waals surface area contributed by atoms with Crippen LogP contribution in [0.1, 0.15) is 48.0 Å². The van der Waals surface area contributed by atoms with E-state index in [-0.39, 0.29) is 29.7 Å². The number of nitrogens with zero attached hydrogens (tertiary/aromatic N) is 2. The third kappa shape index (κ3) is 5.70. The Morgan fingerprint density at radius 2 is 1.67 bits per heavy atom. The minimum absolute atomic E-state index is 0.201. The first-order valence-electron chi connectivity index (χ1n) is 15.0. The third-order valence-electron chi connectivity index (χ3n) is 9.71. The fourth-order valence-corrected chi connectivity index (χ4v) is 7.77.